The van der Waals surface area contributed by atoms with E-state index in [1.165, 1.54) is 38.5 Å². The topological polar surface area (TPSA) is 28.2 Å². The van der Waals surface area contributed by atoms with Crippen molar-refractivity contribution in [3.05, 3.63) is 23.6 Å². The van der Waals surface area contributed by atoms with Crippen LogP contribution in [-0.4, -0.2) is 24.1 Å². The highest BCUT2D eigenvalue weighted by Crippen LogP contribution is 2.36. The minimum Gasteiger partial charge on any atom is -0.354 e. The maximum absolute atomic E-state index is 14.8. The highest BCUT2D eigenvalue weighted by Gasteiger charge is 2.31. The second-order valence-corrected chi connectivity index (χ2v) is 7.05. The van der Waals surface area contributed by atoms with Gasteiger partial charge in [0.15, 0.2) is 11.6 Å². The Morgan fingerprint density at radius 3 is 2.33 bits per heavy atom. The van der Waals surface area contributed by atoms with Gasteiger partial charge < -0.3 is 10.2 Å². The average Bonchev–Trinajstić information content (AvgIpc) is 3.34. The first kappa shape index (κ1) is 13.5. The van der Waals surface area contributed by atoms with E-state index in [0.29, 0.717) is 18.4 Å². The number of nitrogens with zero attached hydrogens (tertiary/aromatic N) is 2. The molecule has 0 spiro atoms. The molecular weight excluding hydrogens is 265 g/mol. The van der Waals surface area contributed by atoms with E-state index in [9.17, 15) is 4.39 Å². The third-order valence-electron chi connectivity index (χ3n) is 4.76. The summed E-state index contributed by atoms with van der Waals surface area (Å²) in [6.45, 7) is 2.60. The summed E-state index contributed by atoms with van der Waals surface area (Å²) in [6, 6.07) is 2.43. The van der Waals surface area contributed by atoms with Crippen molar-refractivity contribution in [3.63, 3.8) is 0 Å². The van der Waals surface area contributed by atoms with Crippen LogP contribution >= 0.6 is 0 Å². The summed E-state index contributed by atoms with van der Waals surface area (Å²) >= 11 is 0. The molecule has 0 unspecified atom stereocenters. The molecule has 1 heterocycles. The Hall–Kier alpha value is -1.16. The van der Waals surface area contributed by atoms with Crippen LogP contribution in [-0.2, 0) is 6.54 Å². The smallest absolute Gasteiger partial charge is 0.170 e. The Labute approximate surface area is 125 Å². The van der Waals surface area contributed by atoms with Gasteiger partial charge in [0.25, 0.3) is 0 Å². The molecule has 3 nitrogen and oxygen atoms in total. The van der Waals surface area contributed by atoms with Crippen LogP contribution in [0.3, 0.4) is 0 Å². The van der Waals surface area contributed by atoms with Crippen molar-refractivity contribution in [3.8, 4) is 0 Å². The van der Waals surface area contributed by atoms with Crippen LogP contribution in [0.2, 0.25) is 0 Å². The SMILES string of the molecule is Fc1c(CNC2CC2)ccnc1N(CC1CC1)CC1CC1. The fourth-order valence-corrected chi connectivity index (χ4v) is 2.84. The van der Waals surface area contributed by atoms with Crippen molar-refractivity contribution in [1.82, 2.24) is 10.3 Å². The van der Waals surface area contributed by atoms with Crippen LogP contribution in [0.25, 0.3) is 0 Å². The van der Waals surface area contributed by atoms with Crippen LogP contribution in [0.15, 0.2) is 12.3 Å². The third-order valence-corrected chi connectivity index (χ3v) is 4.76. The van der Waals surface area contributed by atoms with Gasteiger partial charge in [-0.25, -0.2) is 9.37 Å². The summed E-state index contributed by atoms with van der Waals surface area (Å²) in [5.74, 6) is 2.01. The van der Waals surface area contributed by atoms with Gasteiger partial charge in [0.05, 0.1) is 0 Å². The first-order chi connectivity index (χ1) is 10.3. The predicted octanol–water partition coefficient (Wildman–Crippen LogP) is 3.10. The van der Waals surface area contributed by atoms with E-state index in [-0.39, 0.29) is 5.82 Å². The second-order valence-electron chi connectivity index (χ2n) is 7.05. The average molecular weight is 289 g/mol. The van der Waals surface area contributed by atoms with Gasteiger partial charge in [-0.2, -0.15) is 0 Å². The van der Waals surface area contributed by atoms with Gasteiger partial charge in [-0.15, -0.1) is 0 Å². The highest BCUT2D eigenvalue weighted by atomic mass is 19.1. The number of pyridine rings is 1. The Kier molecular flexibility index (Phi) is 3.57. The van der Waals surface area contributed by atoms with Crippen LogP contribution < -0.4 is 10.2 Å². The predicted molar refractivity (Wildman–Crippen MR) is 81.7 cm³/mol. The molecule has 4 rings (SSSR count). The molecule has 3 saturated carbocycles. The lowest BCUT2D eigenvalue weighted by Gasteiger charge is -2.25. The van der Waals surface area contributed by atoms with Gasteiger partial charge in [0.2, 0.25) is 0 Å². The van der Waals surface area contributed by atoms with Crippen molar-refractivity contribution >= 4 is 5.82 Å². The fraction of sp³-hybridized carbons (Fsp3) is 0.706. The van der Waals surface area contributed by atoms with Gasteiger partial charge in [-0.1, -0.05) is 0 Å². The normalized spacial score (nSPS) is 21.6. The van der Waals surface area contributed by atoms with E-state index in [1.807, 2.05) is 6.07 Å². The quantitative estimate of drug-likeness (QED) is 0.797. The molecule has 0 radical (unpaired) electrons. The number of nitrogens with one attached hydrogen (secondary N) is 1. The van der Waals surface area contributed by atoms with Crippen LogP contribution in [0.4, 0.5) is 10.2 Å². The van der Waals surface area contributed by atoms with Gasteiger partial charge in [-0.3, -0.25) is 0 Å². The first-order valence-corrected chi connectivity index (χ1v) is 8.41. The number of rotatable bonds is 8. The largest absolute Gasteiger partial charge is 0.354 e. The molecule has 0 saturated heterocycles. The number of aromatic nitrogens is 1. The van der Waals surface area contributed by atoms with Gasteiger partial charge in [-0.05, 0) is 56.4 Å². The molecule has 0 bridgehead atoms. The summed E-state index contributed by atoms with van der Waals surface area (Å²) in [4.78, 5) is 6.58. The minimum atomic E-state index is -0.105. The van der Waals surface area contributed by atoms with E-state index < -0.39 is 0 Å². The molecule has 3 aliphatic rings. The van der Waals surface area contributed by atoms with Crippen LogP contribution in [0.5, 0.6) is 0 Å². The van der Waals surface area contributed by atoms with Crippen molar-refractivity contribution < 1.29 is 4.39 Å². The van der Waals surface area contributed by atoms with E-state index in [0.717, 1.165) is 30.5 Å². The zero-order valence-electron chi connectivity index (χ0n) is 12.5. The molecule has 0 amide bonds. The molecule has 21 heavy (non-hydrogen) atoms. The molecule has 114 valence electrons. The van der Waals surface area contributed by atoms with E-state index in [4.69, 9.17) is 0 Å². The van der Waals surface area contributed by atoms with Gasteiger partial charge in [0.1, 0.15) is 0 Å². The second kappa shape index (κ2) is 5.56. The Balaban J connectivity index is 1.50. The Morgan fingerprint density at radius 2 is 1.76 bits per heavy atom. The molecule has 1 aromatic heterocycles. The molecule has 1 aromatic rings. The minimum absolute atomic E-state index is 0.105. The van der Waals surface area contributed by atoms with Crippen LogP contribution in [0.1, 0.15) is 44.1 Å². The van der Waals surface area contributed by atoms with Gasteiger partial charge >= 0.3 is 0 Å². The molecule has 1 N–H and O–H groups in total. The summed E-state index contributed by atoms with van der Waals surface area (Å²) < 4.78 is 14.8. The molecular formula is C17H24FN3. The number of anilines is 1. The molecule has 4 heteroatoms. The summed E-state index contributed by atoms with van der Waals surface area (Å²) in [5, 5.41) is 3.40. The van der Waals surface area contributed by atoms with Crippen molar-refractivity contribution in [2.24, 2.45) is 11.8 Å². The van der Waals surface area contributed by atoms with Gasteiger partial charge in [0, 0.05) is 37.4 Å². The monoisotopic (exact) mass is 289 g/mol. The lowest BCUT2D eigenvalue weighted by atomic mass is 10.2. The van der Waals surface area contributed by atoms with Crippen molar-refractivity contribution in [2.75, 3.05) is 18.0 Å². The lowest BCUT2D eigenvalue weighted by molar-refractivity contribution is 0.565. The summed E-state index contributed by atoms with van der Waals surface area (Å²) in [5.41, 5.74) is 0.767. The number of hydrogen-bond acceptors (Lipinski definition) is 3. The van der Waals surface area contributed by atoms with Crippen molar-refractivity contribution in [1.29, 1.82) is 0 Å². The van der Waals surface area contributed by atoms with E-state index >= 15 is 0 Å². The zero-order valence-corrected chi connectivity index (χ0v) is 12.5. The number of hydrogen-bond donors (Lipinski definition) is 1. The lowest BCUT2D eigenvalue weighted by Crippen LogP contribution is -2.30. The summed E-state index contributed by atoms with van der Waals surface area (Å²) in [7, 11) is 0. The Morgan fingerprint density at radius 1 is 1.10 bits per heavy atom. The zero-order chi connectivity index (χ0) is 14.2. The number of halogens is 1. The Bertz CT molecular complexity index is 493. The first-order valence-electron chi connectivity index (χ1n) is 8.41. The molecule has 0 aromatic carbocycles. The molecule has 0 aliphatic heterocycles. The standard InChI is InChI=1S/C17H24FN3/c18-16-14(9-20-15-5-6-15)7-8-19-17(16)21(10-12-1-2-12)11-13-3-4-13/h7-8,12-13,15,20H,1-6,9-11H2. The summed E-state index contributed by atoms with van der Waals surface area (Å²) in [6.07, 6.45) is 9.42. The maximum Gasteiger partial charge on any atom is 0.170 e. The van der Waals surface area contributed by atoms with Crippen LogP contribution in [0, 0.1) is 17.7 Å². The molecule has 3 fully saturated rings. The third kappa shape index (κ3) is 3.54. The highest BCUT2D eigenvalue weighted by molar-refractivity contribution is 5.43. The maximum atomic E-state index is 14.8. The molecule has 0 atom stereocenters. The van der Waals surface area contributed by atoms with E-state index in [1.54, 1.807) is 6.20 Å². The molecule has 3 aliphatic carbocycles. The fourth-order valence-electron chi connectivity index (χ4n) is 2.84. The van der Waals surface area contributed by atoms with E-state index in [2.05, 4.69) is 15.2 Å². The van der Waals surface area contributed by atoms with Crippen molar-refractivity contribution in [2.45, 2.75) is 51.1 Å².